The number of fused-ring (bicyclic) bond motifs is 1. The first-order valence-electron chi connectivity index (χ1n) is 5.20. The molecule has 0 fully saturated rings. The first-order valence-corrected chi connectivity index (χ1v) is 5.58. The lowest BCUT2D eigenvalue weighted by Crippen LogP contribution is -2.02. The number of esters is 1. The molecule has 0 atom stereocenters. The summed E-state index contributed by atoms with van der Waals surface area (Å²) in [5.74, 6) is 0.0693. The number of hydrogen-bond acceptors (Lipinski definition) is 4. The highest BCUT2D eigenvalue weighted by molar-refractivity contribution is 6.31. The van der Waals surface area contributed by atoms with Crippen molar-refractivity contribution in [1.29, 1.82) is 0 Å². The Morgan fingerprint density at radius 2 is 1.94 bits per heavy atom. The number of phenolic OH excluding ortho intramolecular Hbond substituents is 1. The summed E-state index contributed by atoms with van der Waals surface area (Å²) >= 11 is 5.90. The molecule has 2 aromatic carbocycles. The Bertz CT molecular complexity index is 622. The Balaban J connectivity index is 2.77. The summed E-state index contributed by atoms with van der Waals surface area (Å²) in [4.78, 5) is 11.1. The number of carbonyl (C=O) groups is 1. The zero-order valence-corrected chi connectivity index (χ0v) is 10.6. The molecule has 0 aliphatic carbocycles. The van der Waals surface area contributed by atoms with Crippen molar-refractivity contribution in [2.75, 3.05) is 7.11 Å². The Morgan fingerprint density at radius 1 is 1.22 bits per heavy atom. The van der Waals surface area contributed by atoms with E-state index in [1.165, 1.54) is 20.1 Å². The summed E-state index contributed by atoms with van der Waals surface area (Å²) in [6, 6.07) is 6.35. The molecule has 0 spiro atoms. The Morgan fingerprint density at radius 3 is 2.56 bits per heavy atom. The van der Waals surface area contributed by atoms with Gasteiger partial charge in [-0.1, -0.05) is 11.6 Å². The van der Waals surface area contributed by atoms with E-state index in [-0.39, 0.29) is 11.5 Å². The largest absolute Gasteiger partial charge is 0.504 e. The molecule has 18 heavy (non-hydrogen) atoms. The third-order valence-electron chi connectivity index (χ3n) is 2.47. The molecule has 0 unspecified atom stereocenters. The Labute approximate surface area is 109 Å². The topological polar surface area (TPSA) is 55.8 Å². The quantitative estimate of drug-likeness (QED) is 0.670. The van der Waals surface area contributed by atoms with Gasteiger partial charge in [0.25, 0.3) is 0 Å². The molecule has 0 amide bonds. The molecule has 0 aromatic heterocycles. The van der Waals surface area contributed by atoms with E-state index in [4.69, 9.17) is 21.1 Å². The molecular weight excluding hydrogens is 256 g/mol. The lowest BCUT2D eigenvalue weighted by Gasteiger charge is -2.11. The van der Waals surface area contributed by atoms with Gasteiger partial charge in [-0.15, -0.1) is 0 Å². The van der Waals surface area contributed by atoms with Crippen molar-refractivity contribution in [1.82, 2.24) is 0 Å². The van der Waals surface area contributed by atoms with E-state index >= 15 is 0 Å². The molecular formula is C13H11ClO4. The predicted octanol–water partition coefficient (Wildman–Crippen LogP) is 3.13. The molecule has 0 radical (unpaired) electrons. The number of rotatable bonds is 2. The molecule has 4 nitrogen and oxygen atoms in total. The SMILES string of the molecule is COc1cc(OC(C)=O)c2cc(Cl)ccc2c1O. The van der Waals surface area contributed by atoms with Gasteiger partial charge in [-0.05, 0) is 18.2 Å². The number of carbonyl (C=O) groups excluding carboxylic acids is 1. The summed E-state index contributed by atoms with van der Waals surface area (Å²) in [5.41, 5.74) is 0. The van der Waals surface area contributed by atoms with Crippen LogP contribution in [0.2, 0.25) is 5.02 Å². The molecule has 0 heterocycles. The fourth-order valence-electron chi connectivity index (χ4n) is 1.72. The van der Waals surface area contributed by atoms with E-state index < -0.39 is 5.97 Å². The smallest absolute Gasteiger partial charge is 0.308 e. The average molecular weight is 267 g/mol. The van der Waals surface area contributed by atoms with Crippen molar-refractivity contribution >= 4 is 28.3 Å². The van der Waals surface area contributed by atoms with Crippen molar-refractivity contribution < 1.29 is 19.4 Å². The lowest BCUT2D eigenvalue weighted by molar-refractivity contribution is -0.131. The van der Waals surface area contributed by atoms with Crippen LogP contribution in [0.25, 0.3) is 10.8 Å². The third-order valence-corrected chi connectivity index (χ3v) is 2.71. The zero-order chi connectivity index (χ0) is 13.3. The first kappa shape index (κ1) is 12.5. The minimum absolute atomic E-state index is 0.0138. The number of benzene rings is 2. The van der Waals surface area contributed by atoms with Gasteiger partial charge in [-0.2, -0.15) is 0 Å². The molecule has 5 heteroatoms. The second-order valence-electron chi connectivity index (χ2n) is 3.71. The number of ether oxygens (including phenoxy) is 2. The van der Waals surface area contributed by atoms with E-state index in [2.05, 4.69) is 0 Å². The highest BCUT2D eigenvalue weighted by atomic mass is 35.5. The van der Waals surface area contributed by atoms with E-state index in [0.29, 0.717) is 21.5 Å². The monoisotopic (exact) mass is 266 g/mol. The van der Waals surface area contributed by atoms with Crippen LogP contribution < -0.4 is 9.47 Å². The van der Waals surface area contributed by atoms with Crippen LogP contribution in [0.4, 0.5) is 0 Å². The fourth-order valence-corrected chi connectivity index (χ4v) is 1.89. The summed E-state index contributed by atoms with van der Waals surface area (Å²) in [6.07, 6.45) is 0. The highest BCUT2D eigenvalue weighted by Gasteiger charge is 2.14. The van der Waals surface area contributed by atoms with Crippen LogP contribution in [0.1, 0.15) is 6.92 Å². The van der Waals surface area contributed by atoms with Crippen molar-refractivity contribution in [3.05, 3.63) is 29.3 Å². The molecule has 1 N–H and O–H groups in total. The van der Waals surface area contributed by atoms with Gasteiger partial charge in [-0.3, -0.25) is 4.79 Å². The van der Waals surface area contributed by atoms with Crippen LogP contribution in [0.15, 0.2) is 24.3 Å². The van der Waals surface area contributed by atoms with Crippen molar-refractivity contribution in [3.63, 3.8) is 0 Å². The number of halogens is 1. The number of methoxy groups -OCH3 is 1. The minimum atomic E-state index is -0.455. The standard InChI is InChI=1S/C13H11ClO4/c1-7(15)18-11-6-12(17-2)13(16)9-4-3-8(14)5-10(9)11/h3-6,16H,1-2H3. The normalized spacial score (nSPS) is 10.4. The van der Waals surface area contributed by atoms with E-state index in [1.807, 2.05) is 0 Å². The predicted molar refractivity (Wildman–Crippen MR) is 68.5 cm³/mol. The van der Waals surface area contributed by atoms with Gasteiger partial charge < -0.3 is 14.6 Å². The maximum absolute atomic E-state index is 11.1. The van der Waals surface area contributed by atoms with Gasteiger partial charge in [0.15, 0.2) is 11.5 Å². The molecule has 0 saturated heterocycles. The zero-order valence-electron chi connectivity index (χ0n) is 9.86. The van der Waals surface area contributed by atoms with E-state index in [9.17, 15) is 9.90 Å². The third kappa shape index (κ3) is 2.19. The highest BCUT2D eigenvalue weighted by Crippen LogP contribution is 2.41. The summed E-state index contributed by atoms with van der Waals surface area (Å²) in [7, 11) is 1.42. The number of phenols is 1. The first-order chi connectivity index (χ1) is 8.52. The number of aromatic hydroxyl groups is 1. The van der Waals surface area contributed by atoms with Crippen LogP contribution >= 0.6 is 11.6 Å². The minimum Gasteiger partial charge on any atom is -0.504 e. The van der Waals surface area contributed by atoms with E-state index in [0.717, 1.165) is 0 Å². The van der Waals surface area contributed by atoms with Crippen LogP contribution in [0.5, 0.6) is 17.2 Å². The lowest BCUT2D eigenvalue weighted by atomic mass is 10.1. The average Bonchev–Trinajstić information content (AvgIpc) is 2.32. The van der Waals surface area contributed by atoms with Crippen LogP contribution in [0, 0.1) is 0 Å². The van der Waals surface area contributed by atoms with Gasteiger partial charge in [0.1, 0.15) is 5.75 Å². The second kappa shape index (κ2) is 4.74. The van der Waals surface area contributed by atoms with Crippen LogP contribution in [-0.2, 0) is 4.79 Å². The summed E-state index contributed by atoms with van der Waals surface area (Å²) in [5, 5.41) is 11.5. The van der Waals surface area contributed by atoms with Crippen LogP contribution in [-0.4, -0.2) is 18.2 Å². The fraction of sp³-hybridized carbons (Fsp3) is 0.154. The second-order valence-corrected chi connectivity index (χ2v) is 4.15. The van der Waals surface area contributed by atoms with Crippen LogP contribution in [0.3, 0.4) is 0 Å². The van der Waals surface area contributed by atoms with Crippen molar-refractivity contribution in [2.45, 2.75) is 6.92 Å². The summed E-state index contributed by atoms with van der Waals surface area (Å²) < 4.78 is 10.1. The van der Waals surface area contributed by atoms with Gasteiger partial charge in [0.05, 0.1) is 7.11 Å². The maximum Gasteiger partial charge on any atom is 0.308 e. The van der Waals surface area contributed by atoms with Gasteiger partial charge in [-0.25, -0.2) is 0 Å². The molecule has 94 valence electrons. The molecule has 0 aliphatic heterocycles. The molecule has 0 saturated carbocycles. The van der Waals surface area contributed by atoms with Gasteiger partial charge in [0.2, 0.25) is 0 Å². The Hall–Kier alpha value is -1.94. The molecule has 0 aliphatic rings. The van der Waals surface area contributed by atoms with Crippen molar-refractivity contribution in [2.24, 2.45) is 0 Å². The maximum atomic E-state index is 11.1. The van der Waals surface area contributed by atoms with Gasteiger partial charge >= 0.3 is 5.97 Å². The van der Waals surface area contributed by atoms with Crippen molar-refractivity contribution in [3.8, 4) is 17.2 Å². The van der Waals surface area contributed by atoms with E-state index in [1.54, 1.807) is 18.2 Å². The number of hydrogen-bond donors (Lipinski definition) is 1. The summed E-state index contributed by atoms with van der Waals surface area (Å²) in [6.45, 7) is 1.30. The molecule has 0 bridgehead atoms. The molecule has 2 rings (SSSR count). The van der Waals surface area contributed by atoms with Gasteiger partial charge in [0, 0.05) is 28.8 Å². The molecule has 2 aromatic rings. The Kier molecular flexibility index (Phi) is 3.30.